The van der Waals surface area contributed by atoms with Crippen LogP contribution in [0, 0.1) is 0 Å². The molecular formula is C14H12O5. The Kier molecular flexibility index (Phi) is 2.64. The summed E-state index contributed by atoms with van der Waals surface area (Å²) in [5.74, 6) is -1.17. The van der Waals surface area contributed by atoms with Crippen LogP contribution in [0.5, 0.6) is 0 Å². The molecule has 1 N–H and O–H groups in total. The van der Waals surface area contributed by atoms with Crippen molar-refractivity contribution in [3.05, 3.63) is 48.0 Å². The summed E-state index contributed by atoms with van der Waals surface area (Å²) in [5.41, 5.74) is -1.12. The number of rotatable bonds is 2. The Bertz CT molecular complexity index is 550. The smallest absolute Gasteiger partial charge is 0.342 e. The molecule has 3 atom stereocenters. The number of aliphatic hydroxyl groups is 1. The van der Waals surface area contributed by atoms with E-state index < -0.39 is 29.7 Å². The highest BCUT2D eigenvalue weighted by Crippen LogP contribution is 2.34. The lowest BCUT2D eigenvalue weighted by molar-refractivity contribution is -0.152. The summed E-state index contributed by atoms with van der Waals surface area (Å²) in [4.78, 5) is 23.3. The Morgan fingerprint density at radius 3 is 2.84 bits per heavy atom. The van der Waals surface area contributed by atoms with Crippen LogP contribution in [-0.4, -0.2) is 34.9 Å². The van der Waals surface area contributed by atoms with Gasteiger partial charge in [0.25, 0.3) is 0 Å². The molecule has 2 bridgehead atoms. The molecule has 1 heterocycles. The van der Waals surface area contributed by atoms with Crippen molar-refractivity contribution in [2.45, 2.75) is 24.2 Å². The van der Waals surface area contributed by atoms with E-state index >= 15 is 0 Å². The van der Waals surface area contributed by atoms with E-state index in [1.54, 1.807) is 30.3 Å². The second kappa shape index (κ2) is 4.20. The molecule has 1 aromatic rings. The van der Waals surface area contributed by atoms with Gasteiger partial charge in [-0.25, -0.2) is 9.59 Å². The Balaban J connectivity index is 1.74. The van der Waals surface area contributed by atoms with Crippen molar-refractivity contribution in [2.24, 2.45) is 0 Å². The lowest BCUT2D eigenvalue weighted by Gasteiger charge is -2.23. The molecule has 0 amide bonds. The summed E-state index contributed by atoms with van der Waals surface area (Å²) in [6.45, 7) is 0. The Hall–Kier alpha value is -2.14. The third-order valence-corrected chi connectivity index (χ3v) is 3.30. The number of carbonyl (C=O) groups is 2. The molecule has 19 heavy (non-hydrogen) atoms. The summed E-state index contributed by atoms with van der Waals surface area (Å²) < 4.78 is 10.3. The monoisotopic (exact) mass is 260 g/mol. The molecule has 5 heteroatoms. The van der Waals surface area contributed by atoms with E-state index in [2.05, 4.69) is 0 Å². The zero-order valence-corrected chi connectivity index (χ0v) is 9.98. The van der Waals surface area contributed by atoms with Gasteiger partial charge in [0, 0.05) is 6.42 Å². The van der Waals surface area contributed by atoms with Crippen LogP contribution < -0.4 is 0 Å². The van der Waals surface area contributed by atoms with E-state index in [1.165, 1.54) is 12.2 Å². The minimum Gasteiger partial charge on any atom is -0.456 e. The third-order valence-electron chi connectivity index (χ3n) is 3.30. The van der Waals surface area contributed by atoms with Gasteiger partial charge in [0.2, 0.25) is 0 Å². The lowest BCUT2D eigenvalue weighted by Crippen LogP contribution is -2.37. The van der Waals surface area contributed by atoms with Gasteiger partial charge in [-0.05, 0) is 24.3 Å². The topological polar surface area (TPSA) is 72.8 Å². The average Bonchev–Trinajstić information content (AvgIpc) is 2.66. The van der Waals surface area contributed by atoms with Gasteiger partial charge < -0.3 is 14.6 Å². The van der Waals surface area contributed by atoms with E-state index in [-0.39, 0.29) is 6.42 Å². The van der Waals surface area contributed by atoms with Gasteiger partial charge in [-0.15, -0.1) is 0 Å². The molecule has 1 unspecified atom stereocenters. The summed E-state index contributed by atoms with van der Waals surface area (Å²) in [6.07, 6.45) is 1.69. The summed E-state index contributed by atoms with van der Waals surface area (Å²) in [7, 11) is 0. The van der Waals surface area contributed by atoms with Crippen LogP contribution in [-0.2, 0) is 14.3 Å². The fourth-order valence-corrected chi connectivity index (χ4v) is 2.25. The second-order valence-corrected chi connectivity index (χ2v) is 4.67. The highest BCUT2D eigenvalue weighted by atomic mass is 16.6. The Labute approximate surface area is 109 Å². The maximum Gasteiger partial charge on any atom is 0.342 e. The summed E-state index contributed by atoms with van der Waals surface area (Å²) in [5, 5.41) is 9.86. The lowest BCUT2D eigenvalue weighted by atomic mass is 9.91. The van der Waals surface area contributed by atoms with E-state index in [4.69, 9.17) is 9.47 Å². The van der Waals surface area contributed by atoms with Crippen molar-refractivity contribution < 1.29 is 24.2 Å². The van der Waals surface area contributed by atoms with Crippen LogP contribution in [0.25, 0.3) is 0 Å². The van der Waals surface area contributed by atoms with Gasteiger partial charge in [0.1, 0.15) is 6.10 Å². The van der Waals surface area contributed by atoms with Gasteiger partial charge in [0.15, 0.2) is 11.7 Å². The first-order chi connectivity index (χ1) is 9.08. The third kappa shape index (κ3) is 2.02. The first-order valence-electron chi connectivity index (χ1n) is 5.97. The molecule has 1 fully saturated rings. The largest absolute Gasteiger partial charge is 0.456 e. The number of carbonyl (C=O) groups excluding carboxylic acids is 2. The zero-order valence-electron chi connectivity index (χ0n) is 9.98. The van der Waals surface area contributed by atoms with Crippen molar-refractivity contribution in [1.29, 1.82) is 0 Å². The highest BCUT2D eigenvalue weighted by molar-refractivity contribution is 5.90. The standard InChI is InChI=1S/C14H12O5/c15-12(9-4-2-1-3-5-9)18-10-6-7-14(17)8-11(10)19-13(14)16/h1-7,10-11,17H,8H2/t10-,11?,14+/m1/s1. The molecule has 2 aliphatic rings. The number of esters is 2. The first-order valence-corrected chi connectivity index (χ1v) is 5.97. The summed E-state index contributed by atoms with van der Waals surface area (Å²) in [6, 6.07) is 8.57. The molecule has 1 aliphatic carbocycles. The number of hydrogen-bond acceptors (Lipinski definition) is 5. The molecule has 0 radical (unpaired) electrons. The number of ether oxygens (including phenoxy) is 2. The summed E-state index contributed by atoms with van der Waals surface area (Å²) >= 11 is 0. The van der Waals surface area contributed by atoms with E-state index in [0.717, 1.165) is 0 Å². The van der Waals surface area contributed by atoms with Crippen LogP contribution in [0.4, 0.5) is 0 Å². The molecule has 3 rings (SSSR count). The van der Waals surface area contributed by atoms with Crippen molar-refractivity contribution >= 4 is 11.9 Å². The maximum absolute atomic E-state index is 11.9. The molecule has 98 valence electrons. The number of hydrogen-bond donors (Lipinski definition) is 1. The Morgan fingerprint density at radius 2 is 2.11 bits per heavy atom. The molecule has 5 nitrogen and oxygen atoms in total. The van der Waals surface area contributed by atoms with Crippen LogP contribution >= 0.6 is 0 Å². The van der Waals surface area contributed by atoms with Crippen molar-refractivity contribution in [1.82, 2.24) is 0 Å². The van der Waals surface area contributed by atoms with Gasteiger partial charge in [0.05, 0.1) is 5.56 Å². The predicted octanol–water partition coefficient (Wildman–Crippen LogP) is 0.828. The highest BCUT2D eigenvalue weighted by Gasteiger charge is 2.52. The van der Waals surface area contributed by atoms with Crippen LogP contribution in [0.1, 0.15) is 16.8 Å². The molecular weight excluding hydrogens is 248 g/mol. The van der Waals surface area contributed by atoms with Gasteiger partial charge in [-0.3, -0.25) is 0 Å². The second-order valence-electron chi connectivity index (χ2n) is 4.67. The SMILES string of the molecule is O=C(O[C@@H]1C=C[C@]2(O)CC1OC2=O)c1ccccc1. The van der Waals surface area contributed by atoms with E-state index in [1.807, 2.05) is 0 Å². The van der Waals surface area contributed by atoms with Crippen LogP contribution in [0.2, 0.25) is 0 Å². The Morgan fingerprint density at radius 1 is 1.37 bits per heavy atom. The van der Waals surface area contributed by atoms with Crippen molar-refractivity contribution in [3.8, 4) is 0 Å². The predicted molar refractivity (Wildman–Crippen MR) is 64.2 cm³/mol. The first kappa shape index (κ1) is 11.9. The molecule has 0 aromatic heterocycles. The number of benzene rings is 1. The fourth-order valence-electron chi connectivity index (χ4n) is 2.25. The van der Waals surface area contributed by atoms with Crippen molar-refractivity contribution in [2.75, 3.05) is 0 Å². The molecule has 1 aliphatic heterocycles. The van der Waals surface area contributed by atoms with Gasteiger partial charge in [-0.2, -0.15) is 0 Å². The zero-order chi connectivity index (χ0) is 13.5. The molecule has 0 saturated carbocycles. The minimum atomic E-state index is -1.56. The molecule has 1 aromatic carbocycles. The average molecular weight is 260 g/mol. The van der Waals surface area contributed by atoms with Crippen molar-refractivity contribution in [3.63, 3.8) is 0 Å². The normalized spacial score (nSPS) is 31.9. The molecule has 1 saturated heterocycles. The van der Waals surface area contributed by atoms with Crippen LogP contribution in [0.3, 0.4) is 0 Å². The quantitative estimate of drug-likeness (QED) is 0.629. The maximum atomic E-state index is 11.9. The van der Waals surface area contributed by atoms with E-state index in [9.17, 15) is 14.7 Å². The van der Waals surface area contributed by atoms with E-state index in [0.29, 0.717) is 5.56 Å². The van der Waals surface area contributed by atoms with Crippen LogP contribution in [0.15, 0.2) is 42.5 Å². The van der Waals surface area contributed by atoms with Gasteiger partial charge >= 0.3 is 11.9 Å². The fraction of sp³-hybridized carbons (Fsp3) is 0.286. The minimum absolute atomic E-state index is 0.120. The number of fused-ring (bicyclic) bond motifs is 2. The molecule has 0 spiro atoms. The van der Waals surface area contributed by atoms with Gasteiger partial charge in [-0.1, -0.05) is 18.2 Å².